The van der Waals surface area contributed by atoms with Gasteiger partial charge in [-0.15, -0.1) is 5.10 Å². The molecule has 2 aromatic heterocycles. The zero-order valence-corrected chi connectivity index (χ0v) is 13.7. The molecule has 0 bridgehead atoms. The van der Waals surface area contributed by atoms with Crippen LogP contribution in [-0.4, -0.2) is 31.9 Å². The molecule has 9 heteroatoms. The van der Waals surface area contributed by atoms with E-state index in [9.17, 15) is 18.0 Å². The quantitative estimate of drug-likeness (QED) is 0.932. The summed E-state index contributed by atoms with van der Waals surface area (Å²) >= 11 is 0. The first-order chi connectivity index (χ1) is 11.0. The van der Waals surface area contributed by atoms with Crippen LogP contribution in [0.15, 0.2) is 24.5 Å². The maximum Gasteiger partial charge on any atom is 0.417 e. The van der Waals surface area contributed by atoms with Crippen LogP contribution in [0.25, 0.3) is 5.82 Å². The number of aromatic nitrogens is 4. The largest absolute Gasteiger partial charge is 0.417 e. The molecular formula is C15H18F3N5O. The molecule has 1 atom stereocenters. The minimum absolute atomic E-state index is 0.0628. The molecule has 0 aliphatic heterocycles. The molecule has 1 amide bonds. The van der Waals surface area contributed by atoms with Gasteiger partial charge in [0.2, 0.25) is 0 Å². The SMILES string of the molecule is CC(NC(=O)c1cn(-c2ccc(C(F)(F)F)cn2)nn1)C(C)(C)C. The predicted molar refractivity (Wildman–Crippen MR) is 80.5 cm³/mol. The van der Waals surface area contributed by atoms with Gasteiger partial charge in [0.1, 0.15) is 0 Å². The molecule has 2 aromatic rings. The van der Waals surface area contributed by atoms with Crippen molar-refractivity contribution in [3.63, 3.8) is 0 Å². The smallest absolute Gasteiger partial charge is 0.348 e. The number of carbonyl (C=O) groups is 1. The highest BCUT2D eigenvalue weighted by Crippen LogP contribution is 2.28. The normalized spacial score (nSPS) is 13.6. The van der Waals surface area contributed by atoms with Crippen LogP contribution in [-0.2, 0) is 6.18 Å². The number of amides is 1. The fraction of sp³-hybridized carbons (Fsp3) is 0.467. The van der Waals surface area contributed by atoms with Crippen molar-refractivity contribution in [2.24, 2.45) is 5.41 Å². The Morgan fingerprint density at radius 3 is 2.42 bits per heavy atom. The summed E-state index contributed by atoms with van der Waals surface area (Å²) in [5, 5.41) is 10.3. The Labute approximate surface area is 137 Å². The molecule has 0 aliphatic carbocycles. The van der Waals surface area contributed by atoms with Gasteiger partial charge in [0, 0.05) is 12.2 Å². The fourth-order valence-corrected chi connectivity index (χ4v) is 1.66. The molecule has 0 fully saturated rings. The summed E-state index contributed by atoms with van der Waals surface area (Å²) in [7, 11) is 0. The van der Waals surface area contributed by atoms with Crippen molar-refractivity contribution < 1.29 is 18.0 Å². The predicted octanol–water partition coefficient (Wildman–Crippen LogP) is 2.85. The standard InChI is InChI=1S/C15H18F3N5O/c1-9(14(2,3)4)20-13(24)11-8-23(22-21-11)12-6-5-10(7-19-12)15(16,17)18/h5-9H,1-4H3,(H,20,24). The van der Waals surface area contributed by atoms with Crippen LogP contribution in [0.4, 0.5) is 13.2 Å². The lowest BCUT2D eigenvalue weighted by molar-refractivity contribution is -0.137. The number of hydrogen-bond acceptors (Lipinski definition) is 4. The molecule has 24 heavy (non-hydrogen) atoms. The number of halogens is 3. The van der Waals surface area contributed by atoms with Crippen molar-refractivity contribution in [1.29, 1.82) is 0 Å². The third kappa shape index (κ3) is 4.09. The van der Waals surface area contributed by atoms with Crippen molar-refractivity contribution >= 4 is 5.91 Å². The maximum atomic E-state index is 12.5. The van der Waals surface area contributed by atoms with Gasteiger partial charge >= 0.3 is 6.18 Å². The van der Waals surface area contributed by atoms with Gasteiger partial charge in [0.25, 0.3) is 5.91 Å². The Bertz CT molecular complexity index is 716. The molecular weight excluding hydrogens is 323 g/mol. The molecule has 1 unspecified atom stereocenters. The second-order valence-electron chi connectivity index (χ2n) is 6.51. The van der Waals surface area contributed by atoms with Crippen molar-refractivity contribution in [3.05, 3.63) is 35.8 Å². The second kappa shape index (κ2) is 6.21. The van der Waals surface area contributed by atoms with Gasteiger partial charge in [-0.3, -0.25) is 4.79 Å². The average Bonchev–Trinajstić information content (AvgIpc) is 2.95. The molecule has 0 saturated carbocycles. The summed E-state index contributed by atoms with van der Waals surface area (Å²) in [6.45, 7) is 7.84. The van der Waals surface area contributed by atoms with Gasteiger partial charge in [-0.1, -0.05) is 26.0 Å². The number of hydrogen-bond donors (Lipinski definition) is 1. The van der Waals surface area contributed by atoms with Crippen molar-refractivity contribution in [3.8, 4) is 5.82 Å². The van der Waals surface area contributed by atoms with E-state index in [0.29, 0.717) is 6.20 Å². The summed E-state index contributed by atoms with van der Waals surface area (Å²) in [4.78, 5) is 15.8. The minimum atomic E-state index is -4.46. The molecule has 0 aromatic carbocycles. The highest BCUT2D eigenvalue weighted by molar-refractivity contribution is 5.92. The number of nitrogens with one attached hydrogen (secondary N) is 1. The molecule has 130 valence electrons. The number of rotatable bonds is 3. The van der Waals surface area contributed by atoms with Crippen LogP contribution in [0.3, 0.4) is 0 Å². The van der Waals surface area contributed by atoms with Crippen LogP contribution >= 0.6 is 0 Å². The van der Waals surface area contributed by atoms with Gasteiger partial charge in [-0.25, -0.2) is 9.67 Å². The zero-order chi connectivity index (χ0) is 18.1. The molecule has 0 saturated heterocycles. The zero-order valence-electron chi connectivity index (χ0n) is 13.7. The summed E-state index contributed by atoms with van der Waals surface area (Å²) in [6, 6.07) is 1.96. The van der Waals surface area contributed by atoms with E-state index in [0.717, 1.165) is 16.8 Å². The van der Waals surface area contributed by atoms with E-state index in [2.05, 4.69) is 20.6 Å². The Morgan fingerprint density at radius 2 is 1.92 bits per heavy atom. The third-order valence-electron chi connectivity index (χ3n) is 3.68. The summed E-state index contributed by atoms with van der Waals surface area (Å²) < 4.78 is 38.7. The molecule has 6 nitrogen and oxygen atoms in total. The van der Waals surface area contributed by atoms with Crippen molar-refractivity contribution in [2.45, 2.75) is 39.9 Å². The summed E-state index contributed by atoms with van der Waals surface area (Å²) in [5.74, 6) is -0.269. The molecule has 1 N–H and O–H groups in total. The number of pyridine rings is 1. The Hall–Kier alpha value is -2.45. The number of alkyl halides is 3. The van der Waals surface area contributed by atoms with E-state index < -0.39 is 17.6 Å². The van der Waals surface area contributed by atoms with Gasteiger partial charge < -0.3 is 5.32 Å². The highest BCUT2D eigenvalue weighted by Gasteiger charge is 2.30. The van der Waals surface area contributed by atoms with E-state index >= 15 is 0 Å². The lowest BCUT2D eigenvalue weighted by Gasteiger charge is -2.27. The monoisotopic (exact) mass is 341 g/mol. The molecule has 0 aliphatic rings. The first-order valence-corrected chi connectivity index (χ1v) is 7.25. The van der Waals surface area contributed by atoms with Crippen LogP contribution in [0.5, 0.6) is 0 Å². The molecule has 2 heterocycles. The number of nitrogens with zero attached hydrogens (tertiary/aromatic N) is 4. The molecule has 2 rings (SSSR count). The van der Waals surface area contributed by atoms with E-state index in [1.54, 1.807) is 0 Å². The average molecular weight is 341 g/mol. The Balaban J connectivity index is 2.14. The van der Waals surface area contributed by atoms with Crippen molar-refractivity contribution in [2.75, 3.05) is 0 Å². The summed E-state index contributed by atoms with van der Waals surface area (Å²) in [5.41, 5.74) is -0.920. The molecule has 0 radical (unpaired) electrons. The highest BCUT2D eigenvalue weighted by atomic mass is 19.4. The molecule has 0 spiro atoms. The van der Waals surface area contributed by atoms with Crippen molar-refractivity contribution in [1.82, 2.24) is 25.3 Å². The van der Waals surface area contributed by atoms with Gasteiger partial charge in [0.15, 0.2) is 11.5 Å². The van der Waals surface area contributed by atoms with Crippen LogP contribution in [0.2, 0.25) is 0 Å². The van der Waals surface area contributed by atoms with Crippen LogP contribution in [0.1, 0.15) is 43.7 Å². The minimum Gasteiger partial charge on any atom is -0.348 e. The fourth-order valence-electron chi connectivity index (χ4n) is 1.66. The van der Waals surface area contributed by atoms with E-state index in [1.807, 2.05) is 27.7 Å². The van der Waals surface area contributed by atoms with Crippen LogP contribution in [0, 0.1) is 5.41 Å². The Kier molecular flexibility index (Phi) is 4.63. The lowest BCUT2D eigenvalue weighted by Crippen LogP contribution is -2.41. The summed E-state index contributed by atoms with van der Waals surface area (Å²) in [6.07, 6.45) is -2.43. The van der Waals surface area contributed by atoms with E-state index in [-0.39, 0.29) is 23.0 Å². The first kappa shape index (κ1) is 17.9. The maximum absolute atomic E-state index is 12.5. The second-order valence-corrected chi connectivity index (χ2v) is 6.51. The van der Waals surface area contributed by atoms with Gasteiger partial charge in [-0.2, -0.15) is 13.2 Å². The Morgan fingerprint density at radius 1 is 1.25 bits per heavy atom. The van der Waals surface area contributed by atoms with E-state index in [4.69, 9.17) is 0 Å². The first-order valence-electron chi connectivity index (χ1n) is 7.25. The van der Waals surface area contributed by atoms with Gasteiger partial charge in [-0.05, 0) is 24.5 Å². The lowest BCUT2D eigenvalue weighted by atomic mass is 9.88. The topological polar surface area (TPSA) is 72.7 Å². The third-order valence-corrected chi connectivity index (χ3v) is 3.68. The number of carbonyl (C=O) groups excluding carboxylic acids is 1. The van der Waals surface area contributed by atoms with E-state index in [1.165, 1.54) is 6.20 Å². The van der Waals surface area contributed by atoms with Gasteiger partial charge in [0.05, 0.1) is 11.8 Å². The van der Waals surface area contributed by atoms with Crippen LogP contribution < -0.4 is 5.32 Å².